The van der Waals surface area contributed by atoms with Crippen LogP contribution in [0.2, 0.25) is 0 Å². The molecular formula is C22H21F6O3PS. The van der Waals surface area contributed by atoms with E-state index in [2.05, 4.69) is 0 Å². The fourth-order valence-corrected chi connectivity index (χ4v) is 7.04. The molecule has 0 aliphatic carbocycles. The number of alkyl halides is 6. The molecule has 0 aliphatic heterocycles. The Hall–Kier alpha value is -1.87. The third kappa shape index (κ3) is 5.98. The van der Waals surface area contributed by atoms with Crippen molar-refractivity contribution in [3.05, 3.63) is 70.1 Å². The van der Waals surface area contributed by atoms with Crippen LogP contribution >= 0.6 is 18.9 Å². The van der Waals surface area contributed by atoms with Gasteiger partial charge >= 0.3 is 19.9 Å². The molecular weight excluding hydrogens is 489 g/mol. The Balaban J connectivity index is 2.16. The lowest BCUT2D eigenvalue weighted by atomic mass is 10.0. The number of thiophene rings is 1. The van der Waals surface area contributed by atoms with Gasteiger partial charge in [-0.15, -0.1) is 11.3 Å². The average molecular weight is 510 g/mol. The molecule has 0 fully saturated rings. The van der Waals surface area contributed by atoms with E-state index in [0.717, 1.165) is 10.1 Å². The highest BCUT2D eigenvalue weighted by Gasteiger charge is 2.40. The number of benzene rings is 2. The van der Waals surface area contributed by atoms with E-state index in [9.17, 15) is 30.9 Å². The van der Waals surface area contributed by atoms with E-state index in [4.69, 9.17) is 9.05 Å². The van der Waals surface area contributed by atoms with Gasteiger partial charge in [0.25, 0.3) is 0 Å². The van der Waals surface area contributed by atoms with Crippen LogP contribution in [0.5, 0.6) is 0 Å². The molecule has 3 nitrogen and oxygen atoms in total. The SMILES string of the molecule is CCOP(=O)(OCC)C(Cc1cc(C(F)(F)F)cc(C(F)(F)F)c1)c1cc2ccccc2s1. The minimum atomic E-state index is -4.98. The van der Waals surface area contributed by atoms with E-state index >= 15 is 0 Å². The lowest BCUT2D eigenvalue weighted by Gasteiger charge is -2.26. The smallest absolute Gasteiger partial charge is 0.308 e. The zero-order valence-corrected chi connectivity index (χ0v) is 19.4. The maximum atomic E-state index is 13.7. The minimum absolute atomic E-state index is 0.00490. The fraction of sp³-hybridized carbons (Fsp3) is 0.364. The molecule has 0 saturated carbocycles. The summed E-state index contributed by atoms with van der Waals surface area (Å²) in [5.41, 5.74) is -4.20. The molecule has 11 heteroatoms. The van der Waals surface area contributed by atoms with E-state index in [1.54, 1.807) is 32.0 Å². The second-order valence-corrected chi connectivity index (χ2v) is 10.5. The van der Waals surface area contributed by atoms with Crippen molar-refractivity contribution >= 4 is 29.0 Å². The molecule has 1 unspecified atom stereocenters. The normalized spacial score (nSPS) is 14.1. The molecule has 0 N–H and O–H groups in total. The first-order valence-corrected chi connectivity index (χ1v) is 12.5. The summed E-state index contributed by atoms with van der Waals surface area (Å²) in [5.74, 6) is 0. The minimum Gasteiger partial charge on any atom is -0.308 e. The number of hydrogen-bond donors (Lipinski definition) is 0. The highest BCUT2D eigenvalue weighted by Crippen LogP contribution is 2.63. The van der Waals surface area contributed by atoms with E-state index in [1.807, 2.05) is 12.1 Å². The molecule has 0 radical (unpaired) electrons. The fourth-order valence-electron chi connectivity index (χ4n) is 3.47. The zero-order valence-electron chi connectivity index (χ0n) is 17.7. The van der Waals surface area contributed by atoms with Crippen LogP contribution < -0.4 is 0 Å². The molecule has 0 aliphatic rings. The van der Waals surface area contributed by atoms with Gasteiger partial charge in [0.15, 0.2) is 0 Å². The molecule has 1 aromatic heterocycles. The van der Waals surface area contributed by atoms with Crippen LogP contribution in [0, 0.1) is 0 Å². The van der Waals surface area contributed by atoms with E-state index in [-0.39, 0.29) is 24.8 Å². The highest BCUT2D eigenvalue weighted by atomic mass is 32.1. The summed E-state index contributed by atoms with van der Waals surface area (Å²) in [4.78, 5) is 0.493. The Kier molecular flexibility index (Phi) is 7.63. The van der Waals surface area contributed by atoms with E-state index in [0.29, 0.717) is 17.0 Å². The van der Waals surface area contributed by atoms with Crippen LogP contribution in [-0.4, -0.2) is 13.2 Å². The predicted octanol–water partition coefficient (Wildman–Crippen LogP) is 8.49. The van der Waals surface area contributed by atoms with Gasteiger partial charge in [0, 0.05) is 9.58 Å². The van der Waals surface area contributed by atoms with Gasteiger partial charge < -0.3 is 9.05 Å². The van der Waals surface area contributed by atoms with Crippen LogP contribution in [0.4, 0.5) is 26.3 Å². The Morgan fingerprint density at radius 1 is 0.879 bits per heavy atom. The average Bonchev–Trinajstić information content (AvgIpc) is 3.14. The second kappa shape index (κ2) is 9.78. The topological polar surface area (TPSA) is 35.5 Å². The van der Waals surface area contributed by atoms with Crippen LogP contribution in [0.1, 0.15) is 41.1 Å². The van der Waals surface area contributed by atoms with Crippen LogP contribution in [0.3, 0.4) is 0 Å². The summed E-state index contributed by atoms with van der Waals surface area (Å²) in [5, 5.41) is 0.807. The van der Waals surface area contributed by atoms with Gasteiger partial charge in [-0.2, -0.15) is 26.3 Å². The Morgan fingerprint density at radius 3 is 1.91 bits per heavy atom. The largest absolute Gasteiger partial charge is 0.416 e. The summed E-state index contributed by atoms with van der Waals surface area (Å²) >= 11 is 1.25. The molecule has 3 rings (SSSR count). The standard InChI is InChI=1S/C22H21F6O3PS/c1-3-30-32(29,31-4-2)18(20-12-15-7-5-6-8-19(15)33-20)11-14-9-16(21(23,24)25)13-17(10-14)22(26,27)28/h5-10,12-13,18H,3-4,11H2,1-2H3. The molecule has 0 amide bonds. The summed E-state index contributed by atoms with van der Waals surface area (Å²) in [7, 11) is -3.94. The van der Waals surface area contributed by atoms with Crippen molar-refractivity contribution in [3.63, 3.8) is 0 Å². The third-order valence-electron chi connectivity index (χ3n) is 4.85. The number of hydrogen-bond acceptors (Lipinski definition) is 4. The van der Waals surface area contributed by atoms with Crippen molar-refractivity contribution in [3.8, 4) is 0 Å². The van der Waals surface area contributed by atoms with Crippen molar-refractivity contribution in [1.82, 2.24) is 0 Å². The van der Waals surface area contributed by atoms with Crippen molar-refractivity contribution in [2.45, 2.75) is 38.3 Å². The number of halogens is 6. The van der Waals surface area contributed by atoms with Gasteiger partial charge in [-0.1, -0.05) is 18.2 Å². The van der Waals surface area contributed by atoms with Gasteiger partial charge in [-0.3, -0.25) is 4.57 Å². The Morgan fingerprint density at radius 2 is 1.42 bits per heavy atom. The molecule has 0 saturated heterocycles. The van der Waals surface area contributed by atoms with Crippen LogP contribution in [0.15, 0.2) is 48.5 Å². The van der Waals surface area contributed by atoms with Crippen molar-refractivity contribution in [2.24, 2.45) is 0 Å². The quantitative estimate of drug-likeness (QED) is 0.225. The first-order chi connectivity index (χ1) is 15.4. The van der Waals surface area contributed by atoms with Crippen LogP contribution in [-0.2, 0) is 32.4 Å². The number of fused-ring (bicyclic) bond motifs is 1. The summed E-state index contributed by atoms with van der Waals surface area (Å²) in [6, 6.07) is 10.3. The molecule has 180 valence electrons. The summed E-state index contributed by atoms with van der Waals surface area (Å²) in [6.07, 6.45) is -10.4. The third-order valence-corrected chi connectivity index (χ3v) is 8.71. The maximum Gasteiger partial charge on any atom is 0.416 e. The zero-order chi connectivity index (χ0) is 24.4. The van der Waals surface area contributed by atoms with Gasteiger partial charge in [0.2, 0.25) is 0 Å². The lowest BCUT2D eigenvalue weighted by molar-refractivity contribution is -0.143. The first-order valence-electron chi connectivity index (χ1n) is 10.0. The van der Waals surface area contributed by atoms with Gasteiger partial charge in [-0.05, 0) is 61.5 Å². The molecule has 1 atom stereocenters. The molecule has 0 spiro atoms. The Labute approximate surface area is 190 Å². The summed E-state index contributed by atoms with van der Waals surface area (Å²) in [6.45, 7) is 3.16. The monoisotopic (exact) mass is 510 g/mol. The maximum absolute atomic E-state index is 13.7. The lowest BCUT2D eigenvalue weighted by Crippen LogP contribution is -2.14. The number of rotatable bonds is 8. The summed E-state index contributed by atoms with van der Waals surface area (Å²) < 4.78 is 105. The van der Waals surface area contributed by atoms with Crippen LogP contribution in [0.25, 0.3) is 10.1 Å². The van der Waals surface area contributed by atoms with Crippen molar-refractivity contribution in [2.75, 3.05) is 13.2 Å². The molecule has 33 heavy (non-hydrogen) atoms. The van der Waals surface area contributed by atoms with Crippen molar-refractivity contribution in [1.29, 1.82) is 0 Å². The second-order valence-electron chi connectivity index (χ2n) is 7.20. The van der Waals surface area contributed by atoms with Gasteiger partial charge in [0.05, 0.1) is 30.0 Å². The predicted molar refractivity (Wildman–Crippen MR) is 116 cm³/mol. The van der Waals surface area contributed by atoms with E-state index < -0.39 is 43.2 Å². The first kappa shape index (κ1) is 25.7. The Bertz CT molecular complexity index is 1080. The van der Waals surface area contributed by atoms with Crippen molar-refractivity contribution < 1.29 is 40.0 Å². The van der Waals surface area contributed by atoms with E-state index in [1.165, 1.54) is 11.3 Å². The molecule has 3 aromatic rings. The molecule has 1 heterocycles. The molecule has 2 aromatic carbocycles. The molecule has 0 bridgehead atoms. The van der Waals surface area contributed by atoms with Gasteiger partial charge in [-0.25, -0.2) is 0 Å². The van der Waals surface area contributed by atoms with Gasteiger partial charge in [0.1, 0.15) is 0 Å². The highest BCUT2D eigenvalue weighted by molar-refractivity contribution is 7.54.